The van der Waals surface area contributed by atoms with Crippen molar-refractivity contribution in [3.8, 4) is 5.75 Å². The molecule has 2 aromatic carbocycles. The first-order valence-electron chi connectivity index (χ1n) is 6.90. The van der Waals surface area contributed by atoms with E-state index in [9.17, 15) is 13.6 Å². The van der Waals surface area contributed by atoms with Gasteiger partial charge in [-0.15, -0.1) is 0 Å². The monoisotopic (exact) mass is 335 g/mol. The molecule has 24 heavy (non-hydrogen) atoms. The maximum Gasteiger partial charge on any atom is 0.387 e. The topological polar surface area (TPSA) is 85.9 Å². The minimum atomic E-state index is -2.90. The lowest BCUT2D eigenvalue weighted by molar-refractivity contribution is -0.120. The highest BCUT2D eigenvalue weighted by molar-refractivity contribution is 5.97. The molecule has 3 N–H and O–H groups in total. The summed E-state index contributed by atoms with van der Waals surface area (Å²) in [6.07, 6.45) is 0. The Morgan fingerprint density at radius 2 is 1.79 bits per heavy atom. The molecule has 0 aliphatic carbocycles. The van der Waals surface area contributed by atoms with E-state index in [1.807, 2.05) is 6.07 Å². The van der Waals surface area contributed by atoms with E-state index in [0.29, 0.717) is 11.3 Å². The third-order valence-electron chi connectivity index (χ3n) is 2.79. The number of rotatable bonds is 7. The number of ether oxygens (including phenoxy) is 1. The molecule has 1 amide bonds. The van der Waals surface area contributed by atoms with Crippen LogP contribution in [0.2, 0.25) is 0 Å². The van der Waals surface area contributed by atoms with Crippen LogP contribution in [-0.2, 0) is 9.63 Å². The van der Waals surface area contributed by atoms with Crippen LogP contribution >= 0.6 is 0 Å². The number of carbonyl (C=O) groups excluding carboxylic acids is 1. The van der Waals surface area contributed by atoms with E-state index >= 15 is 0 Å². The molecule has 0 aliphatic rings. The summed E-state index contributed by atoms with van der Waals surface area (Å²) in [5, 5.41) is 6.17. The second-order valence-corrected chi connectivity index (χ2v) is 4.57. The van der Waals surface area contributed by atoms with Crippen molar-refractivity contribution in [2.75, 3.05) is 11.9 Å². The molecule has 2 rings (SSSR count). The number of anilines is 1. The average Bonchev–Trinajstić information content (AvgIpc) is 2.57. The number of amides is 1. The van der Waals surface area contributed by atoms with Crippen LogP contribution in [0.1, 0.15) is 5.56 Å². The van der Waals surface area contributed by atoms with Crippen LogP contribution in [-0.4, -0.2) is 25.0 Å². The van der Waals surface area contributed by atoms with Gasteiger partial charge in [0.25, 0.3) is 5.91 Å². The molecule has 2 aromatic rings. The summed E-state index contributed by atoms with van der Waals surface area (Å²) < 4.78 is 28.3. The van der Waals surface area contributed by atoms with Gasteiger partial charge in [-0.3, -0.25) is 4.79 Å². The predicted octanol–water partition coefficient (Wildman–Crippen LogP) is 2.56. The highest BCUT2D eigenvalue weighted by Crippen LogP contribution is 2.17. The third kappa shape index (κ3) is 5.56. The standard InChI is InChI=1S/C16H15F2N3O3/c17-16(18)24-13-8-6-12(7-9-13)20-14(22)10-23-21-15(19)11-4-2-1-3-5-11/h1-9,16H,10H2,(H2,19,21)(H,20,22). The molecule has 0 saturated carbocycles. The number of nitrogens with one attached hydrogen (secondary N) is 1. The lowest BCUT2D eigenvalue weighted by Gasteiger charge is -2.07. The smallest absolute Gasteiger partial charge is 0.387 e. The minimum absolute atomic E-state index is 0.000478. The molecular weight excluding hydrogens is 320 g/mol. The molecule has 0 unspecified atom stereocenters. The van der Waals surface area contributed by atoms with Crippen molar-refractivity contribution in [2.45, 2.75) is 6.61 Å². The van der Waals surface area contributed by atoms with Crippen LogP contribution in [0.4, 0.5) is 14.5 Å². The van der Waals surface area contributed by atoms with Gasteiger partial charge < -0.3 is 20.6 Å². The average molecular weight is 335 g/mol. The Bertz CT molecular complexity index is 691. The highest BCUT2D eigenvalue weighted by Gasteiger charge is 2.06. The van der Waals surface area contributed by atoms with E-state index in [1.54, 1.807) is 24.3 Å². The van der Waals surface area contributed by atoms with Gasteiger partial charge in [-0.25, -0.2) is 0 Å². The fraction of sp³-hybridized carbons (Fsp3) is 0.125. The largest absolute Gasteiger partial charge is 0.435 e. The molecule has 0 heterocycles. The summed E-state index contributed by atoms with van der Waals surface area (Å²) in [7, 11) is 0. The first-order valence-corrected chi connectivity index (χ1v) is 6.90. The fourth-order valence-corrected chi connectivity index (χ4v) is 1.74. The number of benzene rings is 2. The van der Waals surface area contributed by atoms with Gasteiger partial charge in [0.15, 0.2) is 12.4 Å². The molecule has 0 fully saturated rings. The normalized spacial score (nSPS) is 11.2. The Morgan fingerprint density at radius 1 is 1.12 bits per heavy atom. The second-order valence-electron chi connectivity index (χ2n) is 4.57. The third-order valence-corrected chi connectivity index (χ3v) is 2.79. The summed E-state index contributed by atoms with van der Waals surface area (Å²) in [5.74, 6) is -0.321. The number of halogens is 2. The summed E-state index contributed by atoms with van der Waals surface area (Å²) in [6.45, 7) is -3.24. The summed E-state index contributed by atoms with van der Waals surface area (Å²) >= 11 is 0. The van der Waals surface area contributed by atoms with E-state index in [4.69, 9.17) is 10.6 Å². The van der Waals surface area contributed by atoms with Gasteiger partial charge in [0, 0.05) is 11.3 Å². The fourth-order valence-electron chi connectivity index (χ4n) is 1.74. The number of oxime groups is 1. The molecule has 6 nitrogen and oxygen atoms in total. The SMILES string of the molecule is N/C(=N\OCC(=O)Nc1ccc(OC(F)F)cc1)c1ccccc1. The Kier molecular flexibility index (Phi) is 6.07. The van der Waals surface area contributed by atoms with E-state index in [1.165, 1.54) is 24.3 Å². The molecule has 0 radical (unpaired) electrons. The molecular formula is C16H15F2N3O3. The van der Waals surface area contributed by atoms with Gasteiger partial charge in [-0.1, -0.05) is 35.5 Å². The predicted molar refractivity (Wildman–Crippen MR) is 84.8 cm³/mol. The number of hydrogen-bond donors (Lipinski definition) is 2. The number of amidine groups is 1. The van der Waals surface area contributed by atoms with Crippen LogP contribution in [0, 0.1) is 0 Å². The zero-order chi connectivity index (χ0) is 17.4. The Labute approximate surface area is 136 Å². The number of nitrogens with two attached hydrogens (primary N) is 1. The number of hydrogen-bond acceptors (Lipinski definition) is 4. The molecule has 126 valence electrons. The van der Waals surface area contributed by atoms with E-state index < -0.39 is 12.5 Å². The van der Waals surface area contributed by atoms with Crippen molar-refractivity contribution in [1.82, 2.24) is 0 Å². The van der Waals surface area contributed by atoms with Gasteiger partial charge in [0.1, 0.15) is 5.75 Å². The van der Waals surface area contributed by atoms with Crippen molar-refractivity contribution < 1.29 is 23.1 Å². The van der Waals surface area contributed by atoms with Crippen LogP contribution < -0.4 is 15.8 Å². The van der Waals surface area contributed by atoms with Crippen molar-refractivity contribution in [3.05, 3.63) is 60.2 Å². The van der Waals surface area contributed by atoms with E-state index in [2.05, 4.69) is 15.2 Å². The lowest BCUT2D eigenvalue weighted by Crippen LogP contribution is -2.19. The maximum absolute atomic E-state index is 12.0. The Hall–Kier alpha value is -3.16. The van der Waals surface area contributed by atoms with Gasteiger partial charge >= 0.3 is 6.61 Å². The molecule has 0 spiro atoms. The first kappa shape index (κ1) is 17.2. The van der Waals surface area contributed by atoms with Crippen molar-refractivity contribution in [3.63, 3.8) is 0 Å². The number of alkyl halides is 2. The number of nitrogens with zero attached hydrogens (tertiary/aromatic N) is 1. The van der Waals surface area contributed by atoms with Crippen LogP contribution in [0.3, 0.4) is 0 Å². The van der Waals surface area contributed by atoms with Crippen molar-refractivity contribution in [1.29, 1.82) is 0 Å². The van der Waals surface area contributed by atoms with E-state index in [-0.39, 0.29) is 18.2 Å². The summed E-state index contributed by atoms with van der Waals surface area (Å²) in [5.41, 5.74) is 6.79. The summed E-state index contributed by atoms with van der Waals surface area (Å²) in [6, 6.07) is 14.4. The van der Waals surface area contributed by atoms with Gasteiger partial charge in [-0.2, -0.15) is 8.78 Å². The molecule has 0 atom stereocenters. The second kappa shape index (κ2) is 8.47. The highest BCUT2D eigenvalue weighted by atomic mass is 19.3. The molecule has 0 aliphatic heterocycles. The zero-order valence-corrected chi connectivity index (χ0v) is 12.5. The summed E-state index contributed by atoms with van der Waals surface area (Å²) in [4.78, 5) is 16.6. The van der Waals surface area contributed by atoms with E-state index in [0.717, 1.165) is 0 Å². The van der Waals surface area contributed by atoms with Gasteiger partial charge in [0.05, 0.1) is 0 Å². The molecule has 0 saturated heterocycles. The molecule has 0 aromatic heterocycles. The minimum Gasteiger partial charge on any atom is -0.435 e. The Morgan fingerprint density at radius 3 is 2.42 bits per heavy atom. The molecule has 8 heteroatoms. The quantitative estimate of drug-likeness (QED) is 0.463. The molecule has 0 bridgehead atoms. The van der Waals surface area contributed by atoms with Crippen LogP contribution in [0.15, 0.2) is 59.8 Å². The van der Waals surface area contributed by atoms with Crippen LogP contribution in [0.25, 0.3) is 0 Å². The van der Waals surface area contributed by atoms with Gasteiger partial charge in [0.2, 0.25) is 0 Å². The first-order chi connectivity index (χ1) is 11.5. The Balaban J connectivity index is 1.81. The lowest BCUT2D eigenvalue weighted by atomic mass is 10.2. The zero-order valence-electron chi connectivity index (χ0n) is 12.5. The van der Waals surface area contributed by atoms with Gasteiger partial charge in [-0.05, 0) is 24.3 Å². The van der Waals surface area contributed by atoms with Crippen molar-refractivity contribution in [2.24, 2.45) is 10.9 Å². The van der Waals surface area contributed by atoms with Crippen molar-refractivity contribution >= 4 is 17.4 Å². The van der Waals surface area contributed by atoms with Crippen LogP contribution in [0.5, 0.6) is 5.75 Å². The number of carbonyl (C=O) groups is 1. The maximum atomic E-state index is 12.0.